The van der Waals surface area contributed by atoms with Gasteiger partial charge in [0.1, 0.15) is 11.5 Å². The monoisotopic (exact) mass is 368 g/mol. The number of nitrogens with zero attached hydrogens (tertiary/aromatic N) is 1. The Morgan fingerprint density at radius 2 is 1.74 bits per heavy atom. The fraction of sp³-hybridized carbons (Fsp3) is 0.333. The van der Waals surface area contributed by atoms with Crippen molar-refractivity contribution >= 4 is 23.2 Å². The first-order valence-electron chi connectivity index (χ1n) is 8.97. The minimum Gasteiger partial charge on any atom is -0.497 e. The molecule has 27 heavy (non-hydrogen) atoms. The Labute approximate surface area is 159 Å². The van der Waals surface area contributed by atoms with Crippen molar-refractivity contribution < 1.29 is 19.1 Å². The van der Waals surface area contributed by atoms with Crippen molar-refractivity contribution in [3.8, 4) is 11.5 Å². The average Bonchev–Trinajstić information content (AvgIpc) is 3.09. The largest absolute Gasteiger partial charge is 0.497 e. The van der Waals surface area contributed by atoms with E-state index in [4.69, 9.17) is 9.47 Å². The lowest BCUT2D eigenvalue weighted by molar-refractivity contribution is -0.122. The van der Waals surface area contributed by atoms with Gasteiger partial charge in [0.2, 0.25) is 11.8 Å². The van der Waals surface area contributed by atoms with E-state index in [1.165, 1.54) is 5.56 Å². The quantitative estimate of drug-likeness (QED) is 0.850. The van der Waals surface area contributed by atoms with E-state index in [0.717, 1.165) is 12.1 Å². The molecule has 1 aliphatic rings. The standard InChI is InChI=1S/C21H24N2O4/c1-4-14-5-7-17(8-6-14)23-13-15(9-20(23)24)21(25)22-16-10-18(26-2)12-19(11-16)27-3/h5-8,10-12,15H,4,9,13H2,1-3H3,(H,22,25)/t15-/m1/s1. The van der Waals surface area contributed by atoms with Gasteiger partial charge in [0.25, 0.3) is 0 Å². The van der Waals surface area contributed by atoms with E-state index < -0.39 is 5.92 Å². The zero-order valence-corrected chi connectivity index (χ0v) is 15.8. The first kappa shape index (κ1) is 18.8. The summed E-state index contributed by atoms with van der Waals surface area (Å²) in [5.74, 6) is 0.545. The molecule has 2 aromatic rings. The summed E-state index contributed by atoms with van der Waals surface area (Å²) < 4.78 is 10.4. The number of anilines is 2. The molecule has 1 heterocycles. The molecule has 1 fully saturated rings. The Hall–Kier alpha value is -3.02. The molecule has 1 saturated heterocycles. The van der Waals surface area contributed by atoms with Crippen LogP contribution in [0, 0.1) is 5.92 Å². The normalized spacial score (nSPS) is 16.3. The first-order valence-corrected chi connectivity index (χ1v) is 8.97. The van der Waals surface area contributed by atoms with E-state index in [9.17, 15) is 9.59 Å². The number of nitrogens with one attached hydrogen (secondary N) is 1. The molecule has 6 heteroatoms. The molecule has 0 bridgehead atoms. The van der Waals surface area contributed by atoms with E-state index in [2.05, 4.69) is 12.2 Å². The van der Waals surface area contributed by atoms with Gasteiger partial charge in [-0.15, -0.1) is 0 Å². The predicted molar refractivity (Wildman–Crippen MR) is 104 cm³/mol. The molecule has 1 atom stereocenters. The third-order valence-corrected chi connectivity index (χ3v) is 4.77. The lowest BCUT2D eigenvalue weighted by atomic mass is 10.1. The van der Waals surface area contributed by atoms with Crippen LogP contribution in [0.5, 0.6) is 11.5 Å². The van der Waals surface area contributed by atoms with Crippen molar-refractivity contribution in [2.45, 2.75) is 19.8 Å². The Morgan fingerprint density at radius 1 is 1.11 bits per heavy atom. The minimum absolute atomic E-state index is 0.0392. The molecule has 0 radical (unpaired) electrons. The highest BCUT2D eigenvalue weighted by Crippen LogP contribution is 2.29. The summed E-state index contributed by atoms with van der Waals surface area (Å²) in [5.41, 5.74) is 2.62. The smallest absolute Gasteiger partial charge is 0.229 e. The number of aryl methyl sites for hydroxylation is 1. The second-order valence-corrected chi connectivity index (χ2v) is 6.52. The molecule has 2 amide bonds. The summed E-state index contributed by atoms with van der Waals surface area (Å²) in [4.78, 5) is 26.7. The highest BCUT2D eigenvalue weighted by atomic mass is 16.5. The van der Waals surface area contributed by atoms with E-state index in [1.54, 1.807) is 37.3 Å². The van der Waals surface area contributed by atoms with E-state index in [1.807, 2.05) is 24.3 Å². The van der Waals surface area contributed by atoms with Crippen LogP contribution < -0.4 is 19.7 Å². The highest BCUT2D eigenvalue weighted by Gasteiger charge is 2.35. The Morgan fingerprint density at radius 3 is 2.30 bits per heavy atom. The highest BCUT2D eigenvalue weighted by molar-refractivity contribution is 6.03. The van der Waals surface area contributed by atoms with Crippen LogP contribution in [0.2, 0.25) is 0 Å². The summed E-state index contributed by atoms with van der Waals surface area (Å²) >= 11 is 0. The van der Waals surface area contributed by atoms with Crippen LogP contribution in [0.3, 0.4) is 0 Å². The molecular formula is C21H24N2O4. The van der Waals surface area contributed by atoms with Crippen LogP contribution in [0.1, 0.15) is 18.9 Å². The number of methoxy groups -OCH3 is 2. The summed E-state index contributed by atoms with van der Waals surface area (Å²) in [5, 5.41) is 2.87. The van der Waals surface area contributed by atoms with Gasteiger partial charge in [0.05, 0.1) is 20.1 Å². The molecule has 0 unspecified atom stereocenters. The van der Waals surface area contributed by atoms with Crippen LogP contribution in [0.25, 0.3) is 0 Å². The van der Waals surface area contributed by atoms with Gasteiger partial charge in [0, 0.05) is 42.5 Å². The van der Waals surface area contributed by atoms with E-state index in [-0.39, 0.29) is 18.2 Å². The summed E-state index contributed by atoms with van der Waals surface area (Å²) in [6.07, 6.45) is 1.14. The first-order chi connectivity index (χ1) is 13.0. The van der Waals surface area contributed by atoms with Crippen molar-refractivity contribution in [3.63, 3.8) is 0 Å². The number of benzene rings is 2. The van der Waals surface area contributed by atoms with Crippen LogP contribution in [-0.4, -0.2) is 32.6 Å². The molecule has 3 rings (SSSR count). The molecule has 1 aliphatic heterocycles. The molecule has 0 aliphatic carbocycles. The second kappa shape index (κ2) is 8.12. The van der Waals surface area contributed by atoms with Gasteiger partial charge in [-0.25, -0.2) is 0 Å². The molecule has 2 aromatic carbocycles. The molecule has 6 nitrogen and oxygen atoms in total. The van der Waals surface area contributed by atoms with Gasteiger partial charge < -0.3 is 19.7 Å². The van der Waals surface area contributed by atoms with Crippen LogP contribution in [0.4, 0.5) is 11.4 Å². The van der Waals surface area contributed by atoms with Crippen molar-refractivity contribution in [3.05, 3.63) is 48.0 Å². The number of hydrogen-bond acceptors (Lipinski definition) is 4. The SMILES string of the molecule is CCc1ccc(N2C[C@H](C(=O)Nc3cc(OC)cc(OC)c3)CC2=O)cc1. The predicted octanol–water partition coefficient (Wildman–Crippen LogP) is 3.26. The molecule has 0 spiro atoms. The number of carbonyl (C=O) groups excluding carboxylic acids is 2. The van der Waals surface area contributed by atoms with Gasteiger partial charge >= 0.3 is 0 Å². The maximum absolute atomic E-state index is 12.7. The number of amides is 2. The van der Waals surface area contributed by atoms with Gasteiger partial charge in [-0.3, -0.25) is 9.59 Å². The van der Waals surface area contributed by atoms with Crippen LogP contribution >= 0.6 is 0 Å². The Kier molecular flexibility index (Phi) is 5.64. The second-order valence-electron chi connectivity index (χ2n) is 6.52. The Balaban J connectivity index is 1.70. The molecule has 142 valence electrons. The molecule has 1 N–H and O–H groups in total. The topological polar surface area (TPSA) is 67.9 Å². The lowest BCUT2D eigenvalue weighted by Crippen LogP contribution is -2.28. The molecule has 0 saturated carbocycles. The van der Waals surface area contributed by atoms with Crippen LogP contribution in [0.15, 0.2) is 42.5 Å². The zero-order valence-electron chi connectivity index (χ0n) is 15.8. The van der Waals surface area contributed by atoms with Crippen LogP contribution in [-0.2, 0) is 16.0 Å². The fourth-order valence-electron chi connectivity index (χ4n) is 3.17. The molecular weight excluding hydrogens is 344 g/mol. The number of hydrogen-bond donors (Lipinski definition) is 1. The average molecular weight is 368 g/mol. The number of ether oxygens (including phenoxy) is 2. The van der Waals surface area contributed by atoms with Gasteiger partial charge in [-0.1, -0.05) is 19.1 Å². The molecule has 0 aromatic heterocycles. The third-order valence-electron chi connectivity index (χ3n) is 4.77. The minimum atomic E-state index is -0.402. The number of carbonyl (C=O) groups is 2. The van der Waals surface area contributed by atoms with Crippen molar-refractivity contribution in [1.29, 1.82) is 0 Å². The fourth-order valence-corrected chi connectivity index (χ4v) is 3.17. The maximum Gasteiger partial charge on any atom is 0.229 e. The van der Waals surface area contributed by atoms with Gasteiger partial charge in [-0.2, -0.15) is 0 Å². The zero-order chi connectivity index (χ0) is 19.4. The van der Waals surface area contributed by atoms with E-state index in [0.29, 0.717) is 23.7 Å². The van der Waals surface area contributed by atoms with Crippen molar-refractivity contribution in [2.75, 3.05) is 31.0 Å². The third kappa shape index (κ3) is 4.22. The van der Waals surface area contributed by atoms with Gasteiger partial charge in [-0.05, 0) is 24.1 Å². The lowest BCUT2D eigenvalue weighted by Gasteiger charge is -2.17. The summed E-state index contributed by atoms with van der Waals surface area (Å²) in [6.45, 7) is 2.46. The maximum atomic E-state index is 12.7. The van der Waals surface area contributed by atoms with Crippen molar-refractivity contribution in [2.24, 2.45) is 5.92 Å². The summed E-state index contributed by atoms with van der Waals surface area (Å²) in [6, 6.07) is 13.1. The van der Waals surface area contributed by atoms with Crippen molar-refractivity contribution in [1.82, 2.24) is 0 Å². The number of rotatable bonds is 6. The summed E-state index contributed by atoms with van der Waals surface area (Å²) in [7, 11) is 3.11. The van der Waals surface area contributed by atoms with Gasteiger partial charge in [0.15, 0.2) is 0 Å². The van der Waals surface area contributed by atoms with E-state index >= 15 is 0 Å². The Bertz CT molecular complexity index is 810.